The SMILES string of the molecule is CN(C)c1ccc([C@H](C=C2C=Cc3ccccc3N2)c2ccccc2)cc1. The Morgan fingerprint density at radius 2 is 1.41 bits per heavy atom. The van der Waals surface area contributed by atoms with Gasteiger partial charge in [-0.2, -0.15) is 0 Å². The smallest absolute Gasteiger partial charge is 0.0457 e. The number of hydrogen-bond acceptors (Lipinski definition) is 2. The third-order valence-electron chi connectivity index (χ3n) is 4.96. The van der Waals surface area contributed by atoms with Crippen LogP contribution in [-0.4, -0.2) is 14.1 Å². The summed E-state index contributed by atoms with van der Waals surface area (Å²) in [5, 5.41) is 3.56. The van der Waals surface area contributed by atoms with Gasteiger partial charge in [0.1, 0.15) is 0 Å². The van der Waals surface area contributed by atoms with Gasteiger partial charge in [-0.15, -0.1) is 0 Å². The number of allylic oxidation sites excluding steroid dienone is 2. The van der Waals surface area contributed by atoms with Gasteiger partial charge in [-0.1, -0.05) is 66.7 Å². The van der Waals surface area contributed by atoms with Gasteiger partial charge >= 0.3 is 0 Å². The molecule has 2 heteroatoms. The minimum absolute atomic E-state index is 0.194. The normalized spacial score (nSPS) is 15.1. The van der Waals surface area contributed by atoms with Gasteiger partial charge < -0.3 is 10.2 Å². The van der Waals surface area contributed by atoms with Crippen LogP contribution in [0.3, 0.4) is 0 Å². The Bertz CT molecular complexity index is 967. The fourth-order valence-corrected chi connectivity index (χ4v) is 3.43. The van der Waals surface area contributed by atoms with Crippen LogP contribution in [0.15, 0.2) is 96.7 Å². The number of benzene rings is 3. The van der Waals surface area contributed by atoms with Gasteiger partial charge in [-0.25, -0.2) is 0 Å². The van der Waals surface area contributed by atoms with E-state index in [2.05, 4.69) is 121 Å². The summed E-state index contributed by atoms with van der Waals surface area (Å²) < 4.78 is 0. The molecule has 3 aromatic rings. The highest BCUT2D eigenvalue weighted by Crippen LogP contribution is 2.31. The summed E-state index contributed by atoms with van der Waals surface area (Å²) in [6.07, 6.45) is 6.65. The number of anilines is 2. The highest BCUT2D eigenvalue weighted by atomic mass is 15.1. The van der Waals surface area contributed by atoms with Gasteiger partial charge in [0.15, 0.2) is 0 Å². The van der Waals surface area contributed by atoms with E-state index in [4.69, 9.17) is 0 Å². The number of para-hydroxylation sites is 1. The summed E-state index contributed by atoms with van der Waals surface area (Å²) in [7, 11) is 4.14. The van der Waals surface area contributed by atoms with Crippen LogP contribution in [0, 0.1) is 0 Å². The Labute approximate surface area is 161 Å². The van der Waals surface area contributed by atoms with Gasteiger partial charge in [-0.05, 0) is 47.0 Å². The van der Waals surface area contributed by atoms with Crippen molar-refractivity contribution in [2.45, 2.75) is 5.92 Å². The molecule has 0 fully saturated rings. The largest absolute Gasteiger partial charge is 0.378 e. The maximum atomic E-state index is 3.56. The maximum Gasteiger partial charge on any atom is 0.0457 e. The lowest BCUT2D eigenvalue weighted by atomic mass is 9.89. The second-order valence-corrected chi connectivity index (χ2v) is 7.04. The van der Waals surface area contributed by atoms with E-state index in [0.717, 1.165) is 11.4 Å². The minimum Gasteiger partial charge on any atom is -0.378 e. The van der Waals surface area contributed by atoms with Crippen molar-refractivity contribution in [2.24, 2.45) is 0 Å². The highest BCUT2D eigenvalue weighted by Gasteiger charge is 2.14. The van der Waals surface area contributed by atoms with E-state index in [1.165, 1.54) is 22.4 Å². The molecule has 3 aromatic carbocycles. The van der Waals surface area contributed by atoms with Crippen LogP contribution in [0.4, 0.5) is 11.4 Å². The topological polar surface area (TPSA) is 15.3 Å². The molecule has 0 aromatic heterocycles. The maximum absolute atomic E-state index is 3.56. The Morgan fingerprint density at radius 3 is 2.15 bits per heavy atom. The molecule has 1 heterocycles. The quantitative estimate of drug-likeness (QED) is 0.628. The lowest BCUT2D eigenvalue weighted by Gasteiger charge is -2.20. The number of nitrogens with zero attached hydrogens (tertiary/aromatic N) is 1. The van der Waals surface area contributed by atoms with E-state index in [-0.39, 0.29) is 5.92 Å². The van der Waals surface area contributed by atoms with Crippen molar-refractivity contribution in [1.82, 2.24) is 0 Å². The average Bonchev–Trinajstić information content (AvgIpc) is 2.72. The molecule has 1 N–H and O–H groups in total. The fraction of sp³-hybridized carbons (Fsp3) is 0.120. The Hall–Kier alpha value is -3.26. The Kier molecular flexibility index (Phi) is 4.80. The van der Waals surface area contributed by atoms with Crippen molar-refractivity contribution in [3.8, 4) is 0 Å². The summed E-state index contributed by atoms with van der Waals surface area (Å²) in [6.45, 7) is 0. The van der Waals surface area contributed by atoms with Crippen LogP contribution < -0.4 is 10.2 Å². The van der Waals surface area contributed by atoms with Crippen molar-refractivity contribution < 1.29 is 0 Å². The zero-order valence-corrected chi connectivity index (χ0v) is 15.8. The minimum atomic E-state index is 0.194. The molecule has 0 unspecified atom stereocenters. The molecule has 0 bridgehead atoms. The van der Waals surface area contributed by atoms with E-state index >= 15 is 0 Å². The second-order valence-electron chi connectivity index (χ2n) is 7.04. The van der Waals surface area contributed by atoms with E-state index in [9.17, 15) is 0 Å². The molecule has 0 spiro atoms. The third kappa shape index (κ3) is 3.80. The molecule has 27 heavy (non-hydrogen) atoms. The van der Waals surface area contributed by atoms with Crippen molar-refractivity contribution in [1.29, 1.82) is 0 Å². The van der Waals surface area contributed by atoms with Gasteiger partial charge in [-0.3, -0.25) is 0 Å². The van der Waals surface area contributed by atoms with Crippen molar-refractivity contribution in [2.75, 3.05) is 24.3 Å². The lowest BCUT2D eigenvalue weighted by Crippen LogP contribution is -2.09. The standard InChI is InChI=1S/C25H24N2/c1-27(2)23-16-13-20(14-17-23)24(19-8-4-3-5-9-19)18-22-15-12-21-10-6-7-11-25(21)26-22/h3-18,24,26H,1-2H3/t24-/m1/s1. The van der Waals surface area contributed by atoms with E-state index in [1.807, 2.05) is 0 Å². The first-order valence-electron chi connectivity index (χ1n) is 9.29. The first-order valence-corrected chi connectivity index (χ1v) is 9.29. The van der Waals surface area contributed by atoms with Crippen LogP contribution >= 0.6 is 0 Å². The molecule has 134 valence electrons. The molecular weight excluding hydrogens is 328 g/mol. The van der Waals surface area contributed by atoms with Crippen LogP contribution in [0.25, 0.3) is 6.08 Å². The van der Waals surface area contributed by atoms with Gasteiger partial charge in [0, 0.05) is 37.1 Å². The van der Waals surface area contributed by atoms with Gasteiger partial charge in [0.2, 0.25) is 0 Å². The molecular formula is C25H24N2. The van der Waals surface area contributed by atoms with Crippen LogP contribution in [-0.2, 0) is 0 Å². The van der Waals surface area contributed by atoms with Crippen LogP contribution in [0.1, 0.15) is 22.6 Å². The molecule has 1 atom stereocenters. The van der Waals surface area contributed by atoms with Gasteiger partial charge in [0.25, 0.3) is 0 Å². The highest BCUT2D eigenvalue weighted by molar-refractivity contribution is 5.74. The molecule has 1 aliphatic heterocycles. The van der Waals surface area contributed by atoms with Crippen molar-refractivity contribution >= 4 is 17.5 Å². The second kappa shape index (κ2) is 7.55. The molecule has 0 aliphatic carbocycles. The molecule has 0 radical (unpaired) electrons. The van der Waals surface area contributed by atoms with Gasteiger partial charge in [0.05, 0.1) is 0 Å². The number of fused-ring (bicyclic) bond motifs is 1. The van der Waals surface area contributed by atoms with Crippen LogP contribution in [0.5, 0.6) is 0 Å². The Balaban J connectivity index is 1.71. The molecule has 0 saturated carbocycles. The number of rotatable bonds is 4. The monoisotopic (exact) mass is 352 g/mol. The predicted molar refractivity (Wildman–Crippen MR) is 116 cm³/mol. The van der Waals surface area contributed by atoms with E-state index in [1.54, 1.807) is 0 Å². The molecule has 2 nitrogen and oxygen atoms in total. The molecule has 0 amide bonds. The summed E-state index contributed by atoms with van der Waals surface area (Å²) in [5.74, 6) is 0.194. The number of nitrogens with one attached hydrogen (secondary N) is 1. The summed E-state index contributed by atoms with van der Waals surface area (Å²) >= 11 is 0. The summed E-state index contributed by atoms with van der Waals surface area (Å²) in [4.78, 5) is 2.13. The molecule has 1 aliphatic rings. The van der Waals surface area contributed by atoms with Crippen LogP contribution in [0.2, 0.25) is 0 Å². The number of hydrogen-bond donors (Lipinski definition) is 1. The van der Waals surface area contributed by atoms with E-state index in [0.29, 0.717) is 0 Å². The average molecular weight is 352 g/mol. The zero-order chi connectivity index (χ0) is 18.6. The first-order chi connectivity index (χ1) is 13.2. The Morgan fingerprint density at radius 1 is 0.741 bits per heavy atom. The fourth-order valence-electron chi connectivity index (χ4n) is 3.43. The molecule has 0 saturated heterocycles. The first kappa shape index (κ1) is 17.2. The predicted octanol–water partition coefficient (Wildman–Crippen LogP) is 5.91. The van der Waals surface area contributed by atoms with E-state index < -0.39 is 0 Å². The lowest BCUT2D eigenvalue weighted by molar-refractivity contribution is 1.01. The van der Waals surface area contributed by atoms with Crippen molar-refractivity contribution in [3.63, 3.8) is 0 Å². The van der Waals surface area contributed by atoms with Crippen molar-refractivity contribution in [3.05, 3.63) is 113 Å². The molecule has 4 rings (SSSR count). The summed E-state index contributed by atoms with van der Waals surface area (Å²) in [5.41, 5.74) is 7.29. The third-order valence-corrected chi connectivity index (χ3v) is 4.96. The summed E-state index contributed by atoms with van der Waals surface area (Å²) in [6, 6.07) is 27.9. The zero-order valence-electron chi connectivity index (χ0n) is 15.8.